The normalized spacial score (nSPS) is 12.0. The van der Waals surface area contributed by atoms with Crippen molar-refractivity contribution >= 4 is 27.6 Å². The fourth-order valence-electron chi connectivity index (χ4n) is 2.60. The number of benzene rings is 1. The Labute approximate surface area is 165 Å². The van der Waals surface area contributed by atoms with Gasteiger partial charge in [-0.3, -0.25) is 0 Å². The van der Waals surface area contributed by atoms with Crippen LogP contribution in [0.1, 0.15) is 44.1 Å². The molecule has 2 amide bonds. The van der Waals surface area contributed by atoms with E-state index >= 15 is 0 Å². The quantitative estimate of drug-likeness (QED) is 0.641. The van der Waals surface area contributed by atoms with E-state index in [1.807, 2.05) is 25.1 Å². The number of hydrogen-bond donors (Lipinski definition) is 2. The van der Waals surface area contributed by atoms with Crippen molar-refractivity contribution in [1.29, 1.82) is 0 Å². The second-order valence-electron chi connectivity index (χ2n) is 6.29. The number of nitrogens with zero attached hydrogens (tertiary/aromatic N) is 5. The van der Waals surface area contributed by atoms with Crippen LogP contribution in [0, 0.1) is 0 Å². The predicted octanol–water partition coefficient (Wildman–Crippen LogP) is 3.83. The summed E-state index contributed by atoms with van der Waals surface area (Å²) in [6.07, 6.45) is 4.65. The molecule has 3 rings (SSSR count). The molecule has 0 saturated heterocycles. The Morgan fingerprint density at radius 1 is 1.15 bits per heavy atom. The van der Waals surface area contributed by atoms with E-state index in [9.17, 15) is 4.79 Å². The first kappa shape index (κ1) is 19.0. The number of hydrogen-bond acceptors (Lipinski definition) is 5. The van der Waals surface area contributed by atoms with Crippen LogP contribution in [0.5, 0.6) is 0 Å². The van der Waals surface area contributed by atoms with Crippen LogP contribution >= 0.6 is 15.9 Å². The van der Waals surface area contributed by atoms with Gasteiger partial charge in [0.05, 0.1) is 6.04 Å². The lowest BCUT2D eigenvalue weighted by Gasteiger charge is -2.15. The molecule has 140 valence electrons. The minimum atomic E-state index is -0.394. The Balaban J connectivity index is 1.69. The first-order valence-electron chi connectivity index (χ1n) is 8.50. The summed E-state index contributed by atoms with van der Waals surface area (Å²) in [5.74, 6) is 1.33. The largest absolute Gasteiger partial charge is 0.328 e. The molecule has 1 aromatic carbocycles. The highest BCUT2D eigenvalue weighted by Crippen LogP contribution is 2.27. The summed E-state index contributed by atoms with van der Waals surface area (Å²) >= 11 is 3.55. The van der Waals surface area contributed by atoms with Gasteiger partial charge in [0, 0.05) is 22.6 Å². The van der Waals surface area contributed by atoms with E-state index in [1.54, 1.807) is 18.5 Å². The van der Waals surface area contributed by atoms with Crippen LogP contribution in [0.3, 0.4) is 0 Å². The molecule has 0 bridgehead atoms. The Kier molecular flexibility index (Phi) is 5.80. The van der Waals surface area contributed by atoms with Gasteiger partial charge in [-0.2, -0.15) is 9.78 Å². The van der Waals surface area contributed by atoms with Crippen molar-refractivity contribution in [3.63, 3.8) is 0 Å². The molecule has 0 fully saturated rings. The van der Waals surface area contributed by atoms with Gasteiger partial charge in [0.1, 0.15) is 6.33 Å². The second kappa shape index (κ2) is 8.26. The van der Waals surface area contributed by atoms with Crippen LogP contribution < -0.4 is 10.6 Å². The van der Waals surface area contributed by atoms with Crippen LogP contribution in [-0.4, -0.2) is 30.8 Å². The van der Waals surface area contributed by atoms with Gasteiger partial charge in [-0.15, -0.1) is 0 Å². The molecule has 2 aromatic heterocycles. The summed E-state index contributed by atoms with van der Waals surface area (Å²) in [5, 5.41) is 9.82. The Morgan fingerprint density at radius 2 is 1.89 bits per heavy atom. The fourth-order valence-corrected chi connectivity index (χ4v) is 3.44. The van der Waals surface area contributed by atoms with Gasteiger partial charge in [0.15, 0.2) is 5.82 Å². The highest BCUT2D eigenvalue weighted by atomic mass is 79.9. The van der Waals surface area contributed by atoms with Crippen molar-refractivity contribution in [2.75, 3.05) is 5.32 Å². The maximum atomic E-state index is 12.4. The van der Waals surface area contributed by atoms with E-state index in [4.69, 9.17) is 0 Å². The standard InChI is InChI=1S/C18H20BrN7O/c1-11(2)14-6-5-13(9-15(14)19)25-18(27)24-12(3)16-22-10-23-26(16)17-20-7-4-8-21-17/h4-12H,1-3H3,(H2,24,25,27). The molecule has 3 aromatic rings. The van der Waals surface area contributed by atoms with Crippen LogP contribution in [-0.2, 0) is 0 Å². The van der Waals surface area contributed by atoms with Gasteiger partial charge in [-0.05, 0) is 36.6 Å². The highest BCUT2D eigenvalue weighted by molar-refractivity contribution is 9.10. The fraction of sp³-hybridized carbons (Fsp3) is 0.278. The lowest BCUT2D eigenvalue weighted by Crippen LogP contribution is -2.32. The number of carbonyl (C=O) groups excluding carboxylic acids is 1. The number of halogens is 1. The first-order chi connectivity index (χ1) is 13.0. The van der Waals surface area contributed by atoms with E-state index in [1.165, 1.54) is 16.6 Å². The summed E-state index contributed by atoms with van der Waals surface area (Å²) in [4.78, 5) is 24.9. The third-order valence-corrected chi connectivity index (χ3v) is 4.62. The maximum Gasteiger partial charge on any atom is 0.319 e. The monoisotopic (exact) mass is 429 g/mol. The highest BCUT2D eigenvalue weighted by Gasteiger charge is 2.18. The van der Waals surface area contributed by atoms with Crippen LogP contribution in [0.15, 0.2) is 47.5 Å². The predicted molar refractivity (Wildman–Crippen MR) is 106 cm³/mol. The van der Waals surface area contributed by atoms with Crippen molar-refractivity contribution in [1.82, 2.24) is 30.0 Å². The SMILES string of the molecule is CC(C)c1ccc(NC(=O)NC(C)c2ncnn2-c2ncccn2)cc1Br. The number of rotatable bonds is 5. The molecule has 1 atom stereocenters. The topological polar surface area (TPSA) is 97.6 Å². The van der Waals surface area contributed by atoms with E-state index < -0.39 is 6.04 Å². The summed E-state index contributed by atoms with van der Waals surface area (Å²) < 4.78 is 2.46. The van der Waals surface area contributed by atoms with Crippen molar-refractivity contribution in [3.8, 4) is 5.95 Å². The molecule has 0 radical (unpaired) electrons. The second-order valence-corrected chi connectivity index (χ2v) is 7.14. The molecule has 2 N–H and O–H groups in total. The molecule has 0 saturated carbocycles. The number of anilines is 1. The van der Waals surface area contributed by atoms with Crippen molar-refractivity contribution in [2.24, 2.45) is 0 Å². The molecule has 2 heterocycles. The summed E-state index contributed by atoms with van der Waals surface area (Å²) in [7, 11) is 0. The third kappa shape index (κ3) is 4.48. The van der Waals surface area contributed by atoms with Crippen LogP contribution in [0.25, 0.3) is 5.95 Å². The molecule has 9 heteroatoms. The van der Waals surface area contributed by atoms with Crippen LogP contribution in [0.4, 0.5) is 10.5 Å². The number of urea groups is 1. The minimum absolute atomic E-state index is 0.338. The number of nitrogens with one attached hydrogen (secondary N) is 2. The van der Waals surface area contributed by atoms with E-state index in [-0.39, 0.29) is 6.03 Å². The van der Waals surface area contributed by atoms with E-state index in [2.05, 4.69) is 60.5 Å². The minimum Gasteiger partial charge on any atom is -0.328 e. The third-order valence-electron chi connectivity index (χ3n) is 3.93. The zero-order valence-corrected chi connectivity index (χ0v) is 16.8. The smallest absolute Gasteiger partial charge is 0.319 e. The van der Waals surface area contributed by atoms with E-state index in [0.29, 0.717) is 23.4 Å². The molecule has 0 spiro atoms. The maximum absolute atomic E-state index is 12.4. The number of amides is 2. The Bertz CT molecular complexity index is 926. The molecule has 0 aliphatic heterocycles. The van der Waals surface area contributed by atoms with E-state index in [0.717, 1.165) is 4.47 Å². The average Bonchev–Trinajstić information content (AvgIpc) is 3.12. The summed E-state index contributed by atoms with van der Waals surface area (Å²) in [6.45, 7) is 6.06. The molecule has 1 unspecified atom stereocenters. The summed E-state index contributed by atoms with van der Waals surface area (Å²) in [5.41, 5.74) is 1.88. The summed E-state index contributed by atoms with van der Waals surface area (Å²) in [6, 6.07) is 6.75. The van der Waals surface area contributed by atoms with Gasteiger partial charge in [-0.1, -0.05) is 35.8 Å². The van der Waals surface area contributed by atoms with Gasteiger partial charge >= 0.3 is 6.03 Å². The number of carbonyl (C=O) groups is 1. The zero-order valence-electron chi connectivity index (χ0n) is 15.2. The van der Waals surface area contributed by atoms with Crippen molar-refractivity contribution in [2.45, 2.75) is 32.7 Å². The molecular weight excluding hydrogens is 410 g/mol. The van der Waals surface area contributed by atoms with Gasteiger partial charge in [-0.25, -0.2) is 19.7 Å². The lowest BCUT2D eigenvalue weighted by molar-refractivity contribution is 0.248. The Morgan fingerprint density at radius 3 is 2.56 bits per heavy atom. The van der Waals surface area contributed by atoms with Gasteiger partial charge in [0.2, 0.25) is 0 Å². The molecule has 0 aliphatic rings. The van der Waals surface area contributed by atoms with Gasteiger partial charge in [0.25, 0.3) is 5.95 Å². The average molecular weight is 430 g/mol. The van der Waals surface area contributed by atoms with Crippen molar-refractivity contribution < 1.29 is 4.79 Å². The molecule has 8 nitrogen and oxygen atoms in total. The molecule has 0 aliphatic carbocycles. The van der Waals surface area contributed by atoms with Gasteiger partial charge < -0.3 is 10.6 Å². The first-order valence-corrected chi connectivity index (χ1v) is 9.29. The zero-order chi connectivity index (χ0) is 19.4. The molecule has 27 heavy (non-hydrogen) atoms. The Hall–Kier alpha value is -2.81. The van der Waals surface area contributed by atoms with Crippen molar-refractivity contribution in [3.05, 3.63) is 58.8 Å². The number of aromatic nitrogens is 5. The van der Waals surface area contributed by atoms with Crippen LogP contribution in [0.2, 0.25) is 0 Å². The lowest BCUT2D eigenvalue weighted by atomic mass is 10.0. The molecular formula is C18H20BrN7O.